The first-order valence-corrected chi connectivity index (χ1v) is 8.30. The van der Waals surface area contributed by atoms with Crippen LogP contribution >= 0.6 is 0 Å². The Bertz CT molecular complexity index is 865. The molecule has 0 saturated carbocycles. The Morgan fingerprint density at radius 3 is 2.42 bits per heavy atom. The third-order valence-corrected chi connectivity index (χ3v) is 4.49. The van der Waals surface area contributed by atoms with Crippen LogP contribution in [0.3, 0.4) is 0 Å². The van der Waals surface area contributed by atoms with E-state index in [-0.39, 0.29) is 0 Å². The van der Waals surface area contributed by atoms with Gasteiger partial charge in [0.25, 0.3) is 0 Å². The second-order valence-corrected chi connectivity index (χ2v) is 6.52. The van der Waals surface area contributed by atoms with Crippen LogP contribution in [0.1, 0.15) is 13.8 Å². The molecule has 122 valence electrons. The molecule has 4 rings (SSSR count). The zero-order chi connectivity index (χ0) is 16.7. The van der Waals surface area contributed by atoms with Crippen molar-refractivity contribution in [2.24, 2.45) is 7.05 Å². The first-order valence-electron chi connectivity index (χ1n) is 8.30. The van der Waals surface area contributed by atoms with E-state index in [4.69, 9.17) is 0 Å². The summed E-state index contributed by atoms with van der Waals surface area (Å²) in [6, 6.07) is 19.7. The lowest BCUT2D eigenvalue weighted by atomic mass is 10.1. The fourth-order valence-electron chi connectivity index (χ4n) is 3.23. The number of aryl methyl sites for hydroxylation is 1. The highest BCUT2D eigenvalue weighted by Crippen LogP contribution is 2.36. The van der Waals surface area contributed by atoms with Crippen LogP contribution in [0.25, 0.3) is 22.4 Å². The van der Waals surface area contributed by atoms with E-state index in [1.165, 1.54) is 28.1 Å². The normalized spacial score (nSPS) is 13.2. The van der Waals surface area contributed by atoms with Crippen molar-refractivity contribution in [3.8, 4) is 22.4 Å². The molecule has 1 aliphatic rings. The Hall–Kier alpha value is -2.72. The third-order valence-electron chi connectivity index (χ3n) is 4.49. The summed E-state index contributed by atoms with van der Waals surface area (Å²) >= 11 is 0. The second kappa shape index (κ2) is 5.73. The summed E-state index contributed by atoms with van der Waals surface area (Å²) in [6.07, 6.45) is 2.19. The van der Waals surface area contributed by atoms with Gasteiger partial charge < -0.3 is 9.99 Å². The summed E-state index contributed by atoms with van der Waals surface area (Å²) in [5.74, 6) is 0. The maximum Gasteiger partial charge on any atom is 0.0786 e. The molecule has 4 heteroatoms. The van der Waals surface area contributed by atoms with Gasteiger partial charge in [0.1, 0.15) is 0 Å². The van der Waals surface area contributed by atoms with Gasteiger partial charge in [-0.1, -0.05) is 36.4 Å². The maximum atomic E-state index is 3.26. The highest BCUT2D eigenvalue weighted by molar-refractivity contribution is 5.81. The van der Waals surface area contributed by atoms with E-state index in [2.05, 4.69) is 96.2 Å². The quantitative estimate of drug-likeness (QED) is 0.750. The SMILES string of the molecule is CC(C)N1NNc2cc(-c3cc(-c4ccccc4)n(C)c3)ccc21. The Balaban J connectivity index is 1.71. The summed E-state index contributed by atoms with van der Waals surface area (Å²) in [5, 5.41) is 2.14. The lowest BCUT2D eigenvalue weighted by Gasteiger charge is -2.22. The Morgan fingerprint density at radius 1 is 0.875 bits per heavy atom. The number of nitrogens with one attached hydrogen (secondary N) is 2. The number of nitrogens with zero attached hydrogens (tertiary/aromatic N) is 2. The monoisotopic (exact) mass is 318 g/mol. The predicted octanol–water partition coefficient (Wildman–Crippen LogP) is 4.42. The van der Waals surface area contributed by atoms with E-state index in [0.717, 1.165) is 5.69 Å². The van der Waals surface area contributed by atoms with Crippen molar-refractivity contribution in [1.82, 2.24) is 10.1 Å². The van der Waals surface area contributed by atoms with Crippen molar-refractivity contribution in [2.75, 3.05) is 10.4 Å². The minimum absolute atomic E-state index is 0.394. The molecule has 0 fully saturated rings. The number of anilines is 2. The lowest BCUT2D eigenvalue weighted by Crippen LogP contribution is -2.41. The van der Waals surface area contributed by atoms with Crippen molar-refractivity contribution < 1.29 is 0 Å². The van der Waals surface area contributed by atoms with Crippen LogP contribution in [0.2, 0.25) is 0 Å². The highest BCUT2D eigenvalue weighted by Gasteiger charge is 2.21. The van der Waals surface area contributed by atoms with E-state index >= 15 is 0 Å². The number of rotatable bonds is 3. The summed E-state index contributed by atoms with van der Waals surface area (Å²) in [7, 11) is 2.10. The van der Waals surface area contributed by atoms with Crippen molar-refractivity contribution in [2.45, 2.75) is 19.9 Å². The average molecular weight is 318 g/mol. The van der Waals surface area contributed by atoms with Crippen LogP contribution in [0, 0.1) is 0 Å². The van der Waals surface area contributed by atoms with Crippen LogP contribution < -0.4 is 16.0 Å². The molecular formula is C20H22N4. The van der Waals surface area contributed by atoms with Gasteiger partial charge in [-0.2, -0.15) is 0 Å². The molecule has 0 aliphatic carbocycles. The van der Waals surface area contributed by atoms with E-state index < -0.39 is 0 Å². The number of hydrogen-bond donors (Lipinski definition) is 2. The number of hydrazine groups is 2. The lowest BCUT2D eigenvalue weighted by molar-refractivity contribution is 0.633. The van der Waals surface area contributed by atoms with Gasteiger partial charge in [-0.15, -0.1) is 5.53 Å². The average Bonchev–Trinajstić information content (AvgIpc) is 3.18. The maximum absolute atomic E-state index is 3.26. The van der Waals surface area contributed by atoms with E-state index in [1.54, 1.807) is 0 Å². The first-order chi connectivity index (χ1) is 11.6. The summed E-state index contributed by atoms with van der Waals surface area (Å²) < 4.78 is 2.18. The van der Waals surface area contributed by atoms with E-state index in [0.29, 0.717) is 6.04 Å². The molecule has 3 aromatic rings. The first kappa shape index (κ1) is 14.8. The van der Waals surface area contributed by atoms with Crippen molar-refractivity contribution in [1.29, 1.82) is 0 Å². The fourth-order valence-corrected chi connectivity index (χ4v) is 3.23. The smallest absolute Gasteiger partial charge is 0.0786 e. The molecule has 0 saturated heterocycles. The number of fused-ring (bicyclic) bond motifs is 1. The Morgan fingerprint density at radius 2 is 1.67 bits per heavy atom. The molecule has 2 N–H and O–H groups in total. The van der Waals surface area contributed by atoms with Gasteiger partial charge in [-0.3, -0.25) is 5.01 Å². The fraction of sp³-hybridized carbons (Fsp3) is 0.200. The number of hydrogen-bond acceptors (Lipinski definition) is 3. The van der Waals surface area contributed by atoms with Gasteiger partial charge >= 0.3 is 0 Å². The van der Waals surface area contributed by atoms with Crippen LogP contribution in [0.5, 0.6) is 0 Å². The molecule has 0 spiro atoms. The molecule has 1 aromatic heterocycles. The minimum atomic E-state index is 0.394. The molecule has 2 aromatic carbocycles. The third kappa shape index (κ3) is 2.45. The summed E-state index contributed by atoms with van der Waals surface area (Å²) in [6.45, 7) is 4.34. The van der Waals surface area contributed by atoms with Gasteiger partial charge in [-0.05, 0) is 43.2 Å². The standard InChI is InChI=1S/C20H22N4/c1-14(2)24-19-10-9-16(11-18(19)21-22-24)17-12-20(23(3)13-17)15-7-5-4-6-8-15/h4-14,21-22H,1-3H3. The van der Waals surface area contributed by atoms with Gasteiger partial charge in [0.05, 0.1) is 11.4 Å². The van der Waals surface area contributed by atoms with Crippen molar-refractivity contribution in [3.05, 3.63) is 60.8 Å². The largest absolute Gasteiger partial charge is 0.350 e. The molecule has 1 aliphatic heterocycles. The molecule has 4 nitrogen and oxygen atoms in total. The molecule has 2 heterocycles. The zero-order valence-electron chi connectivity index (χ0n) is 14.2. The number of benzene rings is 2. The van der Waals surface area contributed by atoms with Crippen LogP contribution in [-0.4, -0.2) is 10.6 Å². The van der Waals surface area contributed by atoms with Crippen LogP contribution in [0.15, 0.2) is 60.8 Å². The van der Waals surface area contributed by atoms with Crippen molar-refractivity contribution in [3.63, 3.8) is 0 Å². The van der Waals surface area contributed by atoms with E-state index in [1.807, 2.05) is 6.07 Å². The molecule has 0 radical (unpaired) electrons. The van der Waals surface area contributed by atoms with Gasteiger partial charge in [0.2, 0.25) is 0 Å². The Kier molecular flexibility index (Phi) is 3.54. The molecule has 0 unspecified atom stereocenters. The predicted molar refractivity (Wildman–Crippen MR) is 101 cm³/mol. The summed E-state index contributed by atoms with van der Waals surface area (Å²) in [5.41, 5.74) is 13.7. The highest BCUT2D eigenvalue weighted by atomic mass is 15.7. The van der Waals surface area contributed by atoms with Gasteiger partial charge in [0.15, 0.2) is 0 Å². The molecule has 0 atom stereocenters. The van der Waals surface area contributed by atoms with Crippen LogP contribution in [-0.2, 0) is 7.05 Å². The molecule has 0 bridgehead atoms. The molecule has 0 amide bonds. The van der Waals surface area contributed by atoms with Gasteiger partial charge in [-0.25, -0.2) is 0 Å². The second-order valence-electron chi connectivity index (χ2n) is 6.52. The molecular weight excluding hydrogens is 296 g/mol. The van der Waals surface area contributed by atoms with Crippen LogP contribution in [0.4, 0.5) is 11.4 Å². The Labute approximate surface area is 142 Å². The molecule has 24 heavy (non-hydrogen) atoms. The van der Waals surface area contributed by atoms with Gasteiger partial charge in [0, 0.05) is 30.5 Å². The van der Waals surface area contributed by atoms with Crippen molar-refractivity contribution >= 4 is 11.4 Å². The van der Waals surface area contributed by atoms with E-state index in [9.17, 15) is 0 Å². The topological polar surface area (TPSA) is 32.2 Å². The zero-order valence-corrected chi connectivity index (χ0v) is 14.2. The minimum Gasteiger partial charge on any atom is -0.350 e. The summed E-state index contributed by atoms with van der Waals surface area (Å²) in [4.78, 5) is 0. The number of aromatic nitrogens is 1.